The summed E-state index contributed by atoms with van der Waals surface area (Å²) in [7, 11) is 1.68. The number of hydrogen-bond donors (Lipinski definition) is 1. The highest BCUT2D eigenvalue weighted by Gasteiger charge is 2.19. The number of benzene rings is 2. The molecule has 0 radical (unpaired) electrons. The van der Waals surface area contributed by atoms with E-state index in [1.807, 2.05) is 36.4 Å². The third-order valence-corrected chi connectivity index (χ3v) is 3.97. The Kier molecular flexibility index (Phi) is 5.46. The molecule has 0 amide bonds. The summed E-state index contributed by atoms with van der Waals surface area (Å²) in [5.74, 6) is 0.838. The first kappa shape index (κ1) is 15.4. The van der Waals surface area contributed by atoms with E-state index >= 15 is 0 Å². The van der Waals surface area contributed by atoms with Crippen LogP contribution in [0.2, 0.25) is 5.02 Å². The van der Waals surface area contributed by atoms with Crippen molar-refractivity contribution < 1.29 is 4.74 Å². The van der Waals surface area contributed by atoms with Crippen molar-refractivity contribution in [1.29, 1.82) is 0 Å². The molecule has 2 rings (SSSR count). The van der Waals surface area contributed by atoms with E-state index in [0.717, 1.165) is 32.9 Å². The number of halogens is 2. The molecule has 0 saturated carbocycles. The molecule has 0 fully saturated rings. The van der Waals surface area contributed by atoms with E-state index in [2.05, 4.69) is 34.2 Å². The molecule has 1 atom stereocenters. The van der Waals surface area contributed by atoms with Crippen LogP contribution < -0.4 is 10.1 Å². The molecule has 0 aliphatic rings. The maximum absolute atomic E-state index is 6.34. The van der Waals surface area contributed by atoms with Crippen molar-refractivity contribution in [2.75, 3.05) is 13.7 Å². The summed E-state index contributed by atoms with van der Waals surface area (Å²) in [6.45, 7) is 2.92. The lowest BCUT2D eigenvalue weighted by Gasteiger charge is -2.22. The fraction of sp³-hybridized carbons (Fsp3) is 0.250. The van der Waals surface area contributed by atoms with E-state index < -0.39 is 0 Å². The summed E-state index contributed by atoms with van der Waals surface area (Å²) < 4.78 is 6.49. The lowest BCUT2D eigenvalue weighted by molar-refractivity contribution is 0.404. The monoisotopic (exact) mass is 353 g/mol. The Bertz CT molecular complexity index is 588. The van der Waals surface area contributed by atoms with Gasteiger partial charge in [0.15, 0.2) is 0 Å². The summed E-state index contributed by atoms with van der Waals surface area (Å²) in [5, 5.41) is 4.22. The van der Waals surface area contributed by atoms with E-state index in [-0.39, 0.29) is 6.04 Å². The highest BCUT2D eigenvalue weighted by atomic mass is 79.9. The van der Waals surface area contributed by atoms with Crippen LogP contribution in [0.5, 0.6) is 5.75 Å². The summed E-state index contributed by atoms with van der Waals surface area (Å²) >= 11 is 9.81. The second kappa shape index (κ2) is 7.11. The van der Waals surface area contributed by atoms with Crippen LogP contribution in [0, 0.1) is 0 Å². The molecular formula is C16H17BrClNO. The van der Waals surface area contributed by atoms with Crippen LogP contribution in [-0.2, 0) is 0 Å². The average Bonchev–Trinajstić information content (AvgIpc) is 2.46. The van der Waals surface area contributed by atoms with E-state index in [1.165, 1.54) is 0 Å². The van der Waals surface area contributed by atoms with Crippen LogP contribution in [0.1, 0.15) is 24.1 Å². The minimum atomic E-state index is 0.0109. The first-order chi connectivity index (χ1) is 9.67. The number of ether oxygens (including phenoxy) is 1. The van der Waals surface area contributed by atoms with Crippen LogP contribution in [0.4, 0.5) is 0 Å². The molecule has 2 aromatic rings. The standard InChI is InChI=1S/C16H17BrClNO/c1-3-19-16(12-6-4-5-7-14(12)18)13-9-8-11(17)10-15(13)20-2/h4-10,16,19H,3H2,1-2H3. The summed E-state index contributed by atoms with van der Waals surface area (Å²) in [6, 6.07) is 13.9. The van der Waals surface area contributed by atoms with E-state index in [1.54, 1.807) is 7.11 Å². The first-order valence-corrected chi connectivity index (χ1v) is 7.65. The van der Waals surface area contributed by atoms with Gasteiger partial charge in [-0.25, -0.2) is 0 Å². The molecule has 2 aromatic carbocycles. The molecule has 0 spiro atoms. The predicted octanol–water partition coefficient (Wildman–Crippen LogP) is 4.81. The fourth-order valence-corrected chi connectivity index (χ4v) is 2.81. The lowest BCUT2D eigenvalue weighted by atomic mass is 9.97. The summed E-state index contributed by atoms with van der Waals surface area (Å²) in [6.07, 6.45) is 0. The van der Waals surface area contributed by atoms with Gasteiger partial charge in [-0.15, -0.1) is 0 Å². The van der Waals surface area contributed by atoms with Gasteiger partial charge in [0.2, 0.25) is 0 Å². The van der Waals surface area contributed by atoms with E-state index in [9.17, 15) is 0 Å². The minimum absolute atomic E-state index is 0.0109. The van der Waals surface area contributed by atoms with Crippen LogP contribution in [-0.4, -0.2) is 13.7 Å². The van der Waals surface area contributed by atoms with Gasteiger partial charge in [0, 0.05) is 15.1 Å². The Balaban J connectivity index is 2.51. The highest BCUT2D eigenvalue weighted by Crippen LogP contribution is 2.35. The van der Waals surface area contributed by atoms with Crippen molar-refractivity contribution in [3.8, 4) is 5.75 Å². The van der Waals surface area contributed by atoms with Crippen molar-refractivity contribution in [2.24, 2.45) is 0 Å². The zero-order valence-electron chi connectivity index (χ0n) is 11.5. The molecule has 1 unspecified atom stereocenters. The minimum Gasteiger partial charge on any atom is -0.496 e. The maximum atomic E-state index is 6.34. The van der Waals surface area contributed by atoms with Crippen molar-refractivity contribution in [2.45, 2.75) is 13.0 Å². The summed E-state index contributed by atoms with van der Waals surface area (Å²) in [5.41, 5.74) is 2.13. The van der Waals surface area contributed by atoms with Gasteiger partial charge in [-0.3, -0.25) is 0 Å². The molecule has 0 saturated heterocycles. The first-order valence-electron chi connectivity index (χ1n) is 6.48. The second-order valence-electron chi connectivity index (χ2n) is 4.40. The molecule has 0 aromatic heterocycles. The third-order valence-electron chi connectivity index (χ3n) is 3.13. The second-order valence-corrected chi connectivity index (χ2v) is 5.72. The van der Waals surface area contributed by atoms with Gasteiger partial charge in [0.1, 0.15) is 5.75 Å². The van der Waals surface area contributed by atoms with Crippen molar-refractivity contribution >= 4 is 27.5 Å². The van der Waals surface area contributed by atoms with Crippen LogP contribution >= 0.6 is 27.5 Å². The van der Waals surface area contributed by atoms with Gasteiger partial charge in [0.25, 0.3) is 0 Å². The highest BCUT2D eigenvalue weighted by molar-refractivity contribution is 9.10. The van der Waals surface area contributed by atoms with Crippen molar-refractivity contribution in [1.82, 2.24) is 5.32 Å². The zero-order valence-corrected chi connectivity index (χ0v) is 13.8. The van der Waals surface area contributed by atoms with Gasteiger partial charge in [-0.05, 0) is 30.3 Å². The Hall–Kier alpha value is -1.03. The number of nitrogens with one attached hydrogen (secondary N) is 1. The Morgan fingerprint density at radius 2 is 1.95 bits per heavy atom. The van der Waals surface area contributed by atoms with Crippen LogP contribution in [0.15, 0.2) is 46.9 Å². The zero-order chi connectivity index (χ0) is 14.5. The Morgan fingerprint density at radius 3 is 2.60 bits per heavy atom. The topological polar surface area (TPSA) is 21.3 Å². The van der Waals surface area contributed by atoms with Gasteiger partial charge in [-0.2, -0.15) is 0 Å². The molecule has 0 heterocycles. The third kappa shape index (κ3) is 3.35. The molecule has 4 heteroatoms. The Labute approximate surface area is 133 Å². The molecular weight excluding hydrogens is 338 g/mol. The molecule has 106 valence electrons. The van der Waals surface area contributed by atoms with Gasteiger partial charge < -0.3 is 10.1 Å². The normalized spacial score (nSPS) is 12.2. The van der Waals surface area contributed by atoms with Gasteiger partial charge in [0.05, 0.1) is 13.2 Å². The smallest absolute Gasteiger partial charge is 0.125 e. The SMILES string of the molecule is CCNC(c1ccccc1Cl)c1ccc(Br)cc1OC. The molecule has 0 aliphatic carbocycles. The number of rotatable bonds is 5. The maximum Gasteiger partial charge on any atom is 0.125 e. The lowest BCUT2D eigenvalue weighted by Crippen LogP contribution is -2.22. The molecule has 2 nitrogen and oxygen atoms in total. The fourth-order valence-electron chi connectivity index (χ4n) is 2.22. The summed E-state index contributed by atoms with van der Waals surface area (Å²) in [4.78, 5) is 0. The van der Waals surface area contributed by atoms with Crippen LogP contribution in [0.3, 0.4) is 0 Å². The van der Waals surface area contributed by atoms with E-state index in [0.29, 0.717) is 0 Å². The molecule has 0 aliphatic heterocycles. The largest absolute Gasteiger partial charge is 0.496 e. The number of methoxy groups -OCH3 is 1. The van der Waals surface area contributed by atoms with Crippen molar-refractivity contribution in [3.05, 3.63) is 63.1 Å². The van der Waals surface area contributed by atoms with Gasteiger partial charge >= 0.3 is 0 Å². The molecule has 0 bridgehead atoms. The molecule has 1 N–H and O–H groups in total. The molecule has 20 heavy (non-hydrogen) atoms. The quantitative estimate of drug-likeness (QED) is 0.832. The van der Waals surface area contributed by atoms with Gasteiger partial charge in [-0.1, -0.05) is 58.7 Å². The average molecular weight is 355 g/mol. The predicted molar refractivity (Wildman–Crippen MR) is 87.7 cm³/mol. The van der Waals surface area contributed by atoms with Crippen molar-refractivity contribution in [3.63, 3.8) is 0 Å². The van der Waals surface area contributed by atoms with Crippen LogP contribution in [0.25, 0.3) is 0 Å². The van der Waals surface area contributed by atoms with E-state index in [4.69, 9.17) is 16.3 Å². The number of hydrogen-bond acceptors (Lipinski definition) is 2. The Morgan fingerprint density at radius 1 is 1.20 bits per heavy atom.